The molecule has 5 rings (SSSR count). The molecule has 44 heavy (non-hydrogen) atoms. The topological polar surface area (TPSA) is 106 Å². The van der Waals surface area contributed by atoms with E-state index in [1.807, 2.05) is 6.07 Å². The molecule has 1 aliphatic heterocycles. The number of benzene rings is 2. The zero-order chi connectivity index (χ0) is 31.6. The number of nitrogens with one attached hydrogen (secondary N) is 1. The van der Waals surface area contributed by atoms with E-state index in [0.717, 1.165) is 21.9 Å². The Bertz CT molecular complexity index is 1620. The fourth-order valence-electron chi connectivity index (χ4n) is 5.63. The smallest absolute Gasteiger partial charge is 0.251 e. The van der Waals surface area contributed by atoms with Crippen LogP contribution in [0.25, 0.3) is 0 Å². The van der Waals surface area contributed by atoms with Crippen molar-refractivity contribution in [1.29, 1.82) is 5.26 Å². The monoisotopic (exact) mass is 643 g/mol. The average molecular weight is 644 g/mol. The molecular weight excluding hydrogens is 618 g/mol. The molecule has 228 valence electrons. The Kier molecular flexibility index (Phi) is 9.13. The summed E-state index contributed by atoms with van der Waals surface area (Å²) in [7, 11) is 0. The lowest BCUT2D eigenvalue weighted by Gasteiger charge is -2.37. The molecule has 3 aromatic rings. The van der Waals surface area contributed by atoms with Gasteiger partial charge in [0.25, 0.3) is 5.91 Å². The van der Waals surface area contributed by atoms with Crippen molar-refractivity contribution in [3.05, 3.63) is 87.8 Å². The van der Waals surface area contributed by atoms with Crippen molar-refractivity contribution in [2.75, 3.05) is 9.80 Å². The predicted molar refractivity (Wildman–Crippen MR) is 158 cm³/mol. The second-order valence-corrected chi connectivity index (χ2v) is 11.5. The highest BCUT2D eigenvalue weighted by atomic mass is 35.5. The van der Waals surface area contributed by atoms with Crippen LogP contribution in [0.3, 0.4) is 0 Å². The SMILES string of the molecule is N#Cc1ccnc(N2C(=O)CC[C@H]2C(=O)N(c2cccc(F)c2)[C@H](C(=O)NC2CCC(F)(F)CC2)c2c(Cl)cccc2Cl)c1. The Labute approximate surface area is 261 Å². The summed E-state index contributed by atoms with van der Waals surface area (Å²) in [6.45, 7) is 0. The number of anilines is 2. The number of alkyl halides is 2. The minimum Gasteiger partial charge on any atom is -0.351 e. The number of aromatic nitrogens is 1. The lowest BCUT2D eigenvalue weighted by Crippen LogP contribution is -2.53. The molecule has 2 heterocycles. The molecule has 2 aliphatic rings. The molecule has 0 radical (unpaired) electrons. The molecule has 0 spiro atoms. The molecule has 1 aliphatic carbocycles. The van der Waals surface area contributed by atoms with E-state index in [9.17, 15) is 32.8 Å². The molecule has 1 saturated heterocycles. The van der Waals surface area contributed by atoms with Gasteiger partial charge in [-0.05, 0) is 61.7 Å². The van der Waals surface area contributed by atoms with Crippen LogP contribution in [0.15, 0.2) is 60.8 Å². The van der Waals surface area contributed by atoms with Gasteiger partial charge in [0.05, 0.1) is 11.6 Å². The first-order chi connectivity index (χ1) is 21.0. The fourth-order valence-corrected chi connectivity index (χ4v) is 6.23. The number of halogens is 5. The summed E-state index contributed by atoms with van der Waals surface area (Å²) in [6, 6.07) is 10.9. The van der Waals surface area contributed by atoms with Gasteiger partial charge in [0, 0.05) is 52.8 Å². The summed E-state index contributed by atoms with van der Waals surface area (Å²) in [5.74, 6) is -5.47. The predicted octanol–water partition coefficient (Wildman–Crippen LogP) is 6.36. The second kappa shape index (κ2) is 12.8. The van der Waals surface area contributed by atoms with E-state index in [1.54, 1.807) is 6.07 Å². The lowest BCUT2D eigenvalue weighted by atomic mass is 9.91. The third-order valence-corrected chi connectivity index (χ3v) is 8.44. The Morgan fingerprint density at radius 3 is 2.41 bits per heavy atom. The molecule has 8 nitrogen and oxygen atoms in total. The third-order valence-electron chi connectivity index (χ3n) is 7.79. The Morgan fingerprint density at radius 1 is 1.07 bits per heavy atom. The highest BCUT2D eigenvalue weighted by Gasteiger charge is 2.45. The van der Waals surface area contributed by atoms with Gasteiger partial charge >= 0.3 is 0 Å². The quantitative estimate of drug-likeness (QED) is 0.322. The van der Waals surface area contributed by atoms with Crippen LogP contribution in [0.5, 0.6) is 0 Å². The number of carbonyl (C=O) groups excluding carboxylic acids is 3. The molecule has 1 aromatic heterocycles. The van der Waals surface area contributed by atoms with Crippen molar-refractivity contribution in [2.24, 2.45) is 0 Å². The number of rotatable bonds is 7. The maximum Gasteiger partial charge on any atom is 0.251 e. The van der Waals surface area contributed by atoms with Gasteiger partial charge in [0.15, 0.2) is 0 Å². The largest absolute Gasteiger partial charge is 0.351 e. The van der Waals surface area contributed by atoms with E-state index >= 15 is 0 Å². The Morgan fingerprint density at radius 2 is 1.75 bits per heavy atom. The minimum atomic E-state index is -2.84. The van der Waals surface area contributed by atoms with Crippen molar-refractivity contribution in [3.8, 4) is 6.07 Å². The maximum absolute atomic E-state index is 14.7. The van der Waals surface area contributed by atoms with Crippen molar-refractivity contribution < 1.29 is 27.6 Å². The van der Waals surface area contributed by atoms with Gasteiger partial charge in [-0.2, -0.15) is 5.26 Å². The third kappa shape index (κ3) is 6.51. The molecular formula is C31H26Cl2F3N5O3. The van der Waals surface area contributed by atoms with Gasteiger partial charge < -0.3 is 5.32 Å². The molecule has 2 atom stereocenters. The van der Waals surface area contributed by atoms with Crippen LogP contribution in [0.2, 0.25) is 10.0 Å². The Balaban J connectivity index is 1.62. The summed E-state index contributed by atoms with van der Waals surface area (Å²) in [4.78, 5) is 48.2. The van der Waals surface area contributed by atoms with Gasteiger partial charge in [0.1, 0.15) is 23.7 Å². The van der Waals surface area contributed by atoms with Crippen LogP contribution < -0.4 is 15.1 Å². The molecule has 2 fully saturated rings. The molecule has 1 N–H and O–H groups in total. The van der Waals surface area contributed by atoms with Gasteiger partial charge in [-0.3, -0.25) is 24.2 Å². The first kappa shape index (κ1) is 31.3. The van der Waals surface area contributed by atoms with E-state index < -0.39 is 60.4 Å². The second-order valence-electron chi connectivity index (χ2n) is 10.7. The van der Waals surface area contributed by atoms with Gasteiger partial charge in [-0.1, -0.05) is 35.3 Å². The van der Waals surface area contributed by atoms with Crippen molar-refractivity contribution in [1.82, 2.24) is 10.3 Å². The zero-order valence-corrected chi connectivity index (χ0v) is 24.7. The van der Waals surface area contributed by atoms with E-state index in [-0.39, 0.29) is 58.4 Å². The van der Waals surface area contributed by atoms with Gasteiger partial charge in [0.2, 0.25) is 17.7 Å². The average Bonchev–Trinajstić information content (AvgIpc) is 3.38. The van der Waals surface area contributed by atoms with Crippen molar-refractivity contribution >= 4 is 52.4 Å². The summed E-state index contributed by atoms with van der Waals surface area (Å²) in [6.07, 6.45) is 0.490. The lowest BCUT2D eigenvalue weighted by molar-refractivity contribution is -0.128. The van der Waals surface area contributed by atoms with Crippen molar-refractivity contribution in [3.63, 3.8) is 0 Å². The van der Waals surface area contributed by atoms with Crippen LogP contribution in [-0.4, -0.2) is 40.7 Å². The molecule has 1 saturated carbocycles. The number of nitriles is 1. The molecule has 2 aromatic carbocycles. The number of hydrogen-bond donors (Lipinski definition) is 1. The molecule has 0 unspecified atom stereocenters. The van der Waals surface area contributed by atoms with Crippen LogP contribution in [0, 0.1) is 17.1 Å². The molecule has 3 amide bonds. The standard InChI is InChI=1S/C31H26Cl2F3N5O3/c32-22-5-2-6-23(33)27(22)28(29(43)39-20-9-12-31(35,36)13-10-20)40(21-4-1-3-19(34)16-21)30(44)24-7-8-26(42)41(24)25-15-18(17-37)11-14-38-25/h1-6,11,14-16,20,24,28H,7-10,12-13H2,(H,39,43)/t24-,28-/m0/s1. The highest BCUT2D eigenvalue weighted by molar-refractivity contribution is 6.36. The minimum absolute atomic E-state index is 0.00142. The normalized spacial score (nSPS) is 18.9. The summed E-state index contributed by atoms with van der Waals surface area (Å²) in [5.41, 5.74) is 0.216. The molecule has 0 bridgehead atoms. The number of carbonyl (C=O) groups is 3. The first-order valence-corrected chi connectivity index (χ1v) is 14.6. The van der Waals surface area contributed by atoms with Crippen LogP contribution in [0.1, 0.15) is 55.7 Å². The van der Waals surface area contributed by atoms with E-state index in [1.165, 1.54) is 42.6 Å². The number of pyridine rings is 1. The van der Waals surface area contributed by atoms with Gasteiger partial charge in [-0.15, -0.1) is 0 Å². The highest BCUT2D eigenvalue weighted by Crippen LogP contribution is 2.40. The fraction of sp³-hybridized carbons (Fsp3) is 0.323. The van der Waals surface area contributed by atoms with Crippen LogP contribution in [-0.2, 0) is 14.4 Å². The maximum atomic E-state index is 14.7. The van der Waals surface area contributed by atoms with Gasteiger partial charge in [-0.25, -0.2) is 18.2 Å². The van der Waals surface area contributed by atoms with E-state index in [0.29, 0.717) is 0 Å². The first-order valence-electron chi connectivity index (χ1n) is 13.9. The summed E-state index contributed by atoms with van der Waals surface area (Å²) < 4.78 is 42.4. The van der Waals surface area contributed by atoms with Crippen LogP contribution in [0.4, 0.5) is 24.7 Å². The number of nitrogens with zero attached hydrogens (tertiary/aromatic N) is 4. The van der Waals surface area contributed by atoms with E-state index in [2.05, 4.69) is 10.3 Å². The zero-order valence-electron chi connectivity index (χ0n) is 23.2. The molecule has 13 heteroatoms. The Hall–Kier alpha value is -4.14. The number of amides is 3. The van der Waals surface area contributed by atoms with Crippen molar-refractivity contribution in [2.45, 2.75) is 62.6 Å². The van der Waals surface area contributed by atoms with Crippen LogP contribution >= 0.6 is 23.2 Å². The summed E-state index contributed by atoms with van der Waals surface area (Å²) >= 11 is 13.2. The summed E-state index contributed by atoms with van der Waals surface area (Å²) in [5, 5.41) is 12.2. The van der Waals surface area contributed by atoms with E-state index in [4.69, 9.17) is 23.2 Å². The number of hydrogen-bond acceptors (Lipinski definition) is 5.